The summed E-state index contributed by atoms with van der Waals surface area (Å²) in [6.45, 7) is 1.55. The number of rotatable bonds is 3. The Labute approximate surface area is 94.3 Å². The molecule has 0 aliphatic carbocycles. The lowest BCUT2D eigenvalue weighted by atomic mass is 10.1. The molecule has 0 unspecified atom stereocenters. The third-order valence-corrected chi connectivity index (χ3v) is 2.22. The summed E-state index contributed by atoms with van der Waals surface area (Å²) in [6.07, 6.45) is 1.49. The van der Waals surface area contributed by atoms with Crippen LogP contribution in [0.4, 0.5) is 5.69 Å². The fraction of sp³-hybridized carbons (Fsp3) is 0.100. The Balaban J connectivity index is 3.30. The SMILES string of the molecule is CC(=Cc1ccccc1N=S(=O)=O)C(N)=O. The molecule has 16 heavy (non-hydrogen) atoms. The van der Waals surface area contributed by atoms with Gasteiger partial charge in [-0.3, -0.25) is 4.79 Å². The maximum atomic E-state index is 10.8. The van der Waals surface area contributed by atoms with Crippen molar-refractivity contribution in [2.24, 2.45) is 10.1 Å². The second kappa shape index (κ2) is 5.22. The van der Waals surface area contributed by atoms with E-state index in [-0.39, 0.29) is 5.69 Å². The molecule has 5 nitrogen and oxygen atoms in total. The molecule has 0 bridgehead atoms. The second-order valence-electron chi connectivity index (χ2n) is 3.06. The minimum atomic E-state index is -2.52. The van der Waals surface area contributed by atoms with Gasteiger partial charge in [0.1, 0.15) is 0 Å². The van der Waals surface area contributed by atoms with E-state index in [9.17, 15) is 13.2 Å². The summed E-state index contributed by atoms with van der Waals surface area (Å²) < 4.78 is 24.3. The number of amides is 1. The van der Waals surface area contributed by atoms with E-state index in [1.807, 2.05) is 0 Å². The summed E-state index contributed by atoms with van der Waals surface area (Å²) in [4.78, 5) is 10.8. The molecule has 2 N–H and O–H groups in total. The minimum absolute atomic E-state index is 0.274. The molecular weight excluding hydrogens is 228 g/mol. The average molecular weight is 238 g/mol. The maximum Gasteiger partial charge on any atom is 0.316 e. The van der Waals surface area contributed by atoms with E-state index in [2.05, 4.69) is 4.36 Å². The van der Waals surface area contributed by atoms with Crippen LogP contribution < -0.4 is 5.73 Å². The van der Waals surface area contributed by atoms with Gasteiger partial charge < -0.3 is 5.73 Å². The normalized spacial score (nSPS) is 10.9. The van der Waals surface area contributed by atoms with E-state index >= 15 is 0 Å². The highest BCUT2D eigenvalue weighted by Gasteiger charge is 2.01. The zero-order valence-corrected chi connectivity index (χ0v) is 9.36. The lowest BCUT2D eigenvalue weighted by Crippen LogP contribution is -2.11. The highest BCUT2D eigenvalue weighted by atomic mass is 32.2. The summed E-state index contributed by atoms with van der Waals surface area (Å²) in [5, 5.41) is 0. The number of nitrogens with two attached hydrogens (primary N) is 1. The molecule has 0 aliphatic rings. The molecule has 1 rings (SSSR count). The van der Waals surface area contributed by atoms with Crippen LogP contribution in [0.2, 0.25) is 0 Å². The van der Waals surface area contributed by atoms with Crippen LogP contribution >= 0.6 is 0 Å². The quantitative estimate of drug-likeness (QED) is 0.804. The van der Waals surface area contributed by atoms with Crippen LogP contribution in [0.5, 0.6) is 0 Å². The lowest BCUT2D eigenvalue weighted by Gasteiger charge is -1.99. The first-order valence-corrected chi connectivity index (χ1v) is 5.42. The molecule has 0 heterocycles. The molecule has 0 spiro atoms. The Bertz CT molecular complexity index is 565. The van der Waals surface area contributed by atoms with Gasteiger partial charge in [0.2, 0.25) is 5.91 Å². The Morgan fingerprint density at radius 1 is 1.38 bits per heavy atom. The van der Waals surface area contributed by atoms with Crippen molar-refractivity contribution in [2.75, 3.05) is 0 Å². The van der Waals surface area contributed by atoms with Crippen molar-refractivity contribution in [1.82, 2.24) is 0 Å². The molecule has 0 saturated carbocycles. The van der Waals surface area contributed by atoms with Crippen LogP contribution in [-0.2, 0) is 15.3 Å². The van der Waals surface area contributed by atoms with E-state index in [0.29, 0.717) is 11.1 Å². The first-order chi connectivity index (χ1) is 7.50. The van der Waals surface area contributed by atoms with Gasteiger partial charge in [-0.25, -0.2) is 0 Å². The van der Waals surface area contributed by atoms with Crippen molar-refractivity contribution in [3.63, 3.8) is 0 Å². The molecule has 0 atom stereocenters. The van der Waals surface area contributed by atoms with Crippen LogP contribution in [-0.4, -0.2) is 14.3 Å². The van der Waals surface area contributed by atoms with Gasteiger partial charge >= 0.3 is 10.5 Å². The molecule has 6 heteroatoms. The van der Waals surface area contributed by atoms with Gasteiger partial charge in [-0.2, -0.15) is 8.42 Å². The Morgan fingerprint density at radius 2 is 2.00 bits per heavy atom. The van der Waals surface area contributed by atoms with Gasteiger partial charge in [0.05, 0.1) is 5.69 Å². The molecule has 0 radical (unpaired) electrons. The summed E-state index contributed by atoms with van der Waals surface area (Å²) >= 11 is 0. The van der Waals surface area contributed by atoms with Gasteiger partial charge in [-0.1, -0.05) is 18.2 Å². The van der Waals surface area contributed by atoms with Crippen molar-refractivity contribution in [3.8, 4) is 0 Å². The van der Waals surface area contributed by atoms with Gasteiger partial charge in [0.15, 0.2) is 0 Å². The predicted molar refractivity (Wildman–Crippen MR) is 60.3 cm³/mol. The molecule has 0 saturated heterocycles. The van der Waals surface area contributed by atoms with E-state index in [1.54, 1.807) is 25.1 Å². The van der Waals surface area contributed by atoms with E-state index < -0.39 is 16.4 Å². The number of hydrogen-bond acceptors (Lipinski definition) is 4. The zero-order chi connectivity index (χ0) is 12.1. The molecule has 1 aromatic carbocycles. The number of carbonyl (C=O) groups excluding carboxylic acids is 1. The third-order valence-electron chi connectivity index (χ3n) is 1.87. The standard InChI is InChI=1S/C10H10N2O3S/c1-7(10(11)13)6-8-4-2-3-5-9(8)12-16(14)15/h2-6H,1H3,(H2,11,13). The Kier molecular flexibility index (Phi) is 3.96. The third kappa shape index (κ3) is 3.32. The first-order valence-electron chi connectivity index (χ1n) is 4.39. The summed E-state index contributed by atoms with van der Waals surface area (Å²) in [5.41, 5.74) is 6.21. The predicted octanol–water partition coefficient (Wildman–Crippen LogP) is 1.27. The van der Waals surface area contributed by atoms with Crippen molar-refractivity contribution in [2.45, 2.75) is 6.92 Å². The fourth-order valence-corrected chi connectivity index (χ4v) is 1.40. The first kappa shape index (κ1) is 12.1. The number of carbonyl (C=O) groups is 1. The molecular formula is C10H10N2O3S. The molecule has 0 aliphatic heterocycles. The molecule has 1 aromatic rings. The van der Waals surface area contributed by atoms with Gasteiger partial charge in [-0.05, 0) is 19.1 Å². The number of hydrogen-bond donors (Lipinski definition) is 1. The van der Waals surface area contributed by atoms with Crippen LogP contribution in [0.1, 0.15) is 12.5 Å². The average Bonchev–Trinajstić information content (AvgIpc) is 2.20. The van der Waals surface area contributed by atoms with Gasteiger partial charge in [0, 0.05) is 11.1 Å². The van der Waals surface area contributed by atoms with Gasteiger partial charge in [-0.15, -0.1) is 4.36 Å². The summed E-state index contributed by atoms with van der Waals surface area (Å²) in [6, 6.07) is 6.56. The van der Waals surface area contributed by atoms with E-state index in [0.717, 1.165) is 0 Å². The molecule has 1 amide bonds. The summed E-state index contributed by atoms with van der Waals surface area (Å²) in [7, 11) is -2.52. The van der Waals surface area contributed by atoms with E-state index in [1.165, 1.54) is 12.1 Å². The lowest BCUT2D eigenvalue weighted by molar-refractivity contribution is -0.114. The number of nitrogens with zero attached hydrogens (tertiary/aromatic N) is 1. The maximum absolute atomic E-state index is 10.8. The topological polar surface area (TPSA) is 89.6 Å². The van der Waals surface area contributed by atoms with Crippen molar-refractivity contribution < 1.29 is 13.2 Å². The Morgan fingerprint density at radius 3 is 2.56 bits per heavy atom. The Hall–Kier alpha value is -1.95. The van der Waals surface area contributed by atoms with Crippen molar-refractivity contribution in [1.29, 1.82) is 0 Å². The van der Waals surface area contributed by atoms with Crippen molar-refractivity contribution in [3.05, 3.63) is 35.4 Å². The van der Waals surface area contributed by atoms with Crippen LogP contribution in [0, 0.1) is 0 Å². The van der Waals surface area contributed by atoms with Crippen LogP contribution in [0.15, 0.2) is 34.2 Å². The fourth-order valence-electron chi connectivity index (χ4n) is 1.08. The molecule has 0 aromatic heterocycles. The van der Waals surface area contributed by atoms with Crippen LogP contribution in [0.25, 0.3) is 6.08 Å². The van der Waals surface area contributed by atoms with Gasteiger partial charge in [0.25, 0.3) is 0 Å². The highest BCUT2D eigenvalue weighted by molar-refractivity contribution is 7.61. The highest BCUT2D eigenvalue weighted by Crippen LogP contribution is 2.21. The van der Waals surface area contributed by atoms with Crippen LogP contribution in [0.3, 0.4) is 0 Å². The number of benzene rings is 1. The van der Waals surface area contributed by atoms with E-state index in [4.69, 9.17) is 5.73 Å². The molecule has 0 fully saturated rings. The monoisotopic (exact) mass is 238 g/mol. The molecule has 84 valence electrons. The summed E-state index contributed by atoms with van der Waals surface area (Å²) in [5.74, 6) is -0.557. The largest absolute Gasteiger partial charge is 0.366 e. The second-order valence-corrected chi connectivity index (χ2v) is 3.68. The minimum Gasteiger partial charge on any atom is -0.366 e. The smallest absolute Gasteiger partial charge is 0.316 e. The van der Waals surface area contributed by atoms with Crippen molar-refractivity contribution >= 4 is 28.2 Å². The number of primary amides is 1. The zero-order valence-electron chi connectivity index (χ0n) is 8.54.